The van der Waals surface area contributed by atoms with Crippen LogP contribution >= 0.6 is 15.9 Å². The zero-order valence-electron chi connectivity index (χ0n) is 10.1. The molecule has 0 saturated heterocycles. The molecule has 0 bridgehead atoms. The molecular weight excluding hydrogens is 286 g/mol. The van der Waals surface area contributed by atoms with Crippen molar-refractivity contribution >= 4 is 15.9 Å². The molecule has 2 N–H and O–H groups in total. The van der Waals surface area contributed by atoms with Gasteiger partial charge in [-0.25, -0.2) is 0 Å². The van der Waals surface area contributed by atoms with Crippen molar-refractivity contribution in [3.8, 4) is 11.5 Å². The van der Waals surface area contributed by atoms with Crippen LogP contribution in [-0.4, -0.2) is 32.0 Å². The Morgan fingerprint density at radius 1 is 1.35 bits per heavy atom. The average Bonchev–Trinajstić information content (AvgIpc) is 2.32. The van der Waals surface area contributed by atoms with Crippen LogP contribution in [0.5, 0.6) is 11.5 Å². The highest BCUT2D eigenvalue weighted by molar-refractivity contribution is 9.10. The van der Waals surface area contributed by atoms with Crippen LogP contribution in [0.4, 0.5) is 0 Å². The number of rotatable bonds is 7. The van der Waals surface area contributed by atoms with E-state index in [0.29, 0.717) is 19.7 Å². The number of hydrogen-bond donors (Lipinski definition) is 2. The van der Waals surface area contributed by atoms with E-state index >= 15 is 0 Å². The minimum Gasteiger partial charge on any atom is -0.493 e. The zero-order valence-corrected chi connectivity index (χ0v) is 11.7. The Bertz CT molecular complexity index is 358. The molecule has 0 aromatic heterocycles. The topological polar surface area (TPSA) is 50.7 Å². The summed E-state index contributed by atoms with van der Waals surface area (Å²) in [4.78, 5) is 0. The second kappa shape index (κ2) is 7.53. The number of ether oxygens (including phenoxy) is 2. The number of halogens is 1. The van der Waals surface area contributed by atoms with E-state index in [2.05, 4.69) is 21.2 Å². The highest BCUT2D eigenvalue weighted by Gasteiger charge is 2.09. The molecule has 96 valence electrons. The van der Waals surface area contributed by atoms with Crippen molar-refractivity contribution in [1.82, 2.24) is 5.32 Å². The van der Waals surface area contributed by atoms with Gasteiger partial charge in [-0.05, 0) is 24.6 Å². The van der Waals surface area contributed by atoms with Gasteiger partial charge in [0.25, 0.3) is 0 Å². The maximum Gasteiger partial charge on any atom is 0.162 e. The lowest BCUT2D eigenvalue weighted by Gasteiger charge is -2.13. The van der Waals surface area contributed by atoms with Gasteiger partial charge in [0.15, 0.2) is 11.5 Å². The molecule has 4 nitrogen and oxygen atoms in total. The molecule has 0 amide bonds. The quantitative estimate of drug-likeness (QED) is 0.756. The van der Waals surface area contributed by atoms with E-state index in [1.54, 1.807) is 7.11 Å². The van der Waals surface area contributed by atoms with E-state index in [0.717, 1.165) is 21.5 Å². The summed E-state index contributed by atoms with van der Waals surface area (Å²) in [6, 6.07) is 3.83. The van der Waals surface area contributed by atoms with Crippen molar-refractivity contribution in [3.05, 3.63) is 22.2 Å². The maximum absolute atomic E-state index is 8.71. The van der Waals surface area contributed by atoms with Crippen molar-refractivity contribution in [2.45, 2.75) is 13.5 Å². The molecule has 0 aliphatic carbocycles. The zero-order chi connectivity index (χ0) is 12.7. The van der Waals surface area contributed by atoms with Gasteiger partial charge in [-0.2, -0.15) is 0 Å². The van der Waals surface area contributed by atoms with Crippen molar-refractivity contribution in [1.29, 1.82) is 0 Å². The Morgan fingerprint density at radius 2 is 2.12 bits per heavy atom. The third-order valence-electron chi connectivity index (χ3n) is 2.24. The molecule has 0 fully saturated rings. The van der Waals surface area contributed by atoms with Gasteiger partial charge in [-0.3, -0.25) is 0 Å². The first-order chi connectivity index (χ1) is 8.22. The summed E-state index contributed by atoms with van der Waals surface area (Å²) in [6.07, 6.45) is 0. The molecule has 1 aromatic carbocycles. The van der Waals surface area contributed by atoms with Crippen molar-refractivity contribution in [3.63, 3.8) is 0 Å². The van der Waals surface area contributed by atoms with Gasteiger partial charge < -0.3 is 19.9 Å². The minimum absolute atomic E-state index is 0.131. The number of benzene rings is 1. The SMILES string of the molecule is CCOc1cc(Br)c(CNCCO)cc1OC. The van der Waals surface area contributed by atoms with Gasteiger partial charge in [0, 0.05) is 17.6 Å². The van der Waals surface area contributed by atoms with E-state index in [4.69, 9.17) is 14.6 Å². The minimum atomic E-state index is 0.131. The van der Waals surface area contributed by atoms with E-state index in [-0.39, 0.29) is 6.61 Å². The van der Waals surface area contributed by atoms with Crippen molar-refractivity contribution in [2.75, 3.05) is 26.9 Å². The molecule has 17 heavy (non-hydrogen) atoms. The van der Waals surface area contributed by atoms with Crippen LogP contribution in [0.15, 0.2) is 16.6 Å². The number of aliphatic hydroxyl groups is 1. The lowest BCUT2D eigenvalue weighted by Crippen LogP contribution is -2.17. The highest BCUT2D eigenvalue weighted by atomic mass is 79.9. The Hall–Kier alpha value is -0.780. The third kappa shape index (κ3) is 4.18. The van der Waals surface area contributed by atoms with Crippen LogP contribution in [0.25, 0.3) is 0 Å². The normalized spacial score (nSPS) is 10.4. The summed E-state index contributed by atoms with van der Waals surface area (Å²) in [5.74, 6) is 1.45. The largest absolute Gasteiger partial charge is 0.493 e. The summed E-state index contributed by atoms with van der Waals surface area (Å²) >= 11 is 3.49. The summed E-state index contributed by atoms with van der Waals surface area (Å²) in [6.45, 7) is 3.91. The standard InChI is InChI=1S/C12H18BrNO3/c1-3-17-12-7-10(13)9(6-11(12)16-2)8-14-4-5-15/h6-7,14-15H,3-5,8H2,1-2H3. The average molecular weight is 304 g/mol. The molecule has 0 saturated carbocycles. The molecule has 0 heterocycles. The van der Waals surface area contributed by atoms with E-state index in [1.165, 1.54) is 0 Å². The predicted molar refractivity (Wildman–Crippen MR) is 70.7 cm³/mol. The van der Waals surface area contributed by atoms with Crippen LogP contribution < -0.4 is 14.8 Å². The van der Waals surface area contributed by atoms with Crippen molar-refractivity contribution in [2.24, 2.45) is 0 Å². The van der Waals surface area contributed by atoms with Gasteiger partial charge in [-0.15, -0.1) is 0 Å². The Labute approximate surface area is 110 Å². The number of nitrogens with one attached hydrogen (secondary N) is 1. The third-order valence-corrected chi connectivity index (χ3v) is 2.97. The smallest absolute Gasteiger partial charge is 0.162 e. The molecule has 0 unspecified atom stereocenters. The Morgan fingerprint density at radius 3 is 2.71 bits per heavy atom. The fraction of sp³-hybridized carbons (Fsp3) is 0.500. The van der Waals surface area contributed by atoms with Crippen LogP contribution in [0, 0.1) is 0 Å². The van der Waals surface area contributed by atoms with Crippen LogP contribution in [0.3, 0.4) is 0 Å². The summed E-state index contributed by atoms with van der Waals surface area (Å²) in [5, 5.41) is 11.8. The second-order valence-electron chi connectivity index (χ2n) is 3.43. The lowest BCUT2D eigenvalue weighted by atomic mass is 10.2. The number of aliphatic hydroxyl groups excluding tert-OH is 1. The monoisotopic (exact) mass is 303 g/mol. The number of hydrogen-bond acceptors (Lipinski definition) is 4. The number of methoxy groups -OCH3 is 1. The summed E-state index contributed by atoms with van der Waals surface area (Å²) in [5.41, 5.74) is 1.07. The lowest BCUT2D eigenvalue weighted by molar-refractivity contribution is 0.291. The molecule has 5 heteroatoms. The predicted octanol–water partition coefficient (Wildman–Crippen LogP) is 1.94. The molecule has 1 aromatic rings. The van der Waals surface area contributed by atoms with Gasteiger partial charge in [0.1, 0.15) is 0 Å². The summed E-state index contributed by atoms with van der Waals surface area (Å²) in [7, 11) is 1.62. The fourth-order valence-corrected chi connectivity index (χ4v) is 1.91. The first-order valence-electron chi connectivity index (χ1n) is 5.53. The molecule has 1 rings (SSSR count). The van der Waals surface area contributed by atoms with E-state index in [1.807, 2.05) is 19.1 Å². The molecular formula is C12H18BrNO3. The van der Waals surface area contributed by atoms with Gasteiger partial charge in [0.05, 0.1) is 20.3 Å². The fourth-order valence-electron chi connectivity index (χ4n) is 1.44. The van der Waals surface area contributed by atoms with Gasteiger partial charge in [0.2, 0.25) is 0 Å². The first-order valence-corrected chi connectivity index (χ1v) is 6.33. The molecule has 0 aliphatic rings. The molecule has 0 radical (unpaired) electrons. The van der Waals surface area contributed by atoms with E-state index < -0.39 is 0 Å². The summed E-state index contributed by atoms with van der Waals surface area (Å²) < 4.78 is 11.7. The van der Waals surface area contributed by atoms with Crippen molar-refractivity contribution < 1.29 is 14.6 Å². The first kappa shape index (κ1) is 14.3. The molecule has 0 atom stereocenters. The van der Waals surface area contributed by atoms with Crippen LogP contribution in [-0.2, 0) is 6.54 Å². The second-order valence-corrected chi connectivity index (χ2v) is 4.28. The highest BCUT2D eigenvalue weighted by Crippen LogP contribution is 2.33. The van der Waals surface area contributed by atoms with Gasteiger partial charge >= 0.3 is 0 Å². The van der Waals surface area contributed by atoms with Crippen LogP contribution in [0.1, 0.15) is 12.5 Å². The maximum atomic E-state index is 8.71. The Kier molecular flexibility index (Phi) is 6.32. The Balaban J connectivity index is 2.84. The van der Waals surface area contributed by atoms with Crippen LogP contribution in [0.2, 0.25) is 0 Å². The molecule has 0 spiro atoms. The molecule has 0 aliphatic heterocycles. The van der Waals surface area contributed by atoms with Gasteiger partial charge in [-0.1, -0.05) is 15.9 Å². The van der Waals surface area contributed by atoms with E-state index in [9.17, 15) is 0 Å².